The van der Waals surface area contributed by atoms with Crippen molar-refractivity contribution in [1.82, 2.24) is 15.5 Å². The third-order valence-electron chi connectivity index (χ3n) is 2.93. The third-order valence-corrected chi connectivity index (χ3v) is 2.93. The lowest BCUT2D eigenvalue weighted by Crippen LogP contribution is -2.29. The zero-order valence-electron chi connectivity index (χ0n) is 12.4. The summed E-state index contributed by atoms with van der Waals surface area (Å²) >= 11 is 0. The van der Waals surface area contributed by atoms with Gasteiger partial charge < -0.3 is 14.9 Å². The molecule has 0 saturated heterocycles. The van der Waals surface area contributed by atoms with E-state index in [4.69, 9.17) is 4.52 Å². The van der Waals surface area contributed by atoms with Crippen LogP contribution >= 0.6 is 0 Å². The van der Waals surface area contributed by atoms with Gasteiger partial charge in [-0.25, -0.2) is 4.39 Å². The van der Waals surface area contributed by atoms with Gasteiger partial charge in [0.25, 0.3) is 5.91 Å². The van der Waals surface area contributed by atoms with Crippen molar-refractivity contribution in [3.8, 4) is 0 Å². The van der Waals surface area contributed by atoms with Crippen LogP contribution in [0.1, 0.15) is 37.2 Å². The van der Waals surface area contributed by atoms with Gasteiger partial charge in [-0.15, -0.1) is 0 Å². The molecule has 22 heavy (non-hydrogen) atoms. The van der Waals surface area contributed by atoms with Crippen LogP contribution in [0.5, 0.6) is 0 Å². The van der Waals surface area contributed by atoms with Crippen molar-refractivity contribution in [3.05, 3.63) is 47.4 Å². The lowest BCUT2D eigenvalue weighted by molar-refractivity contribution is -0.129. The van der Waals surface area contributed by atoms with E-state index in [1.807, 2.05) is 13.8 Å². The molecule has 0 aliphatic carbocycles. The van der Waals surface area contributed by atoms with Crippen LogP contribution in [0.3, 0.4) is 0 Å². The fourth-order valence-corrected chi connectivity index (χ4v) is 1.90. The molecule has 0 spiro atoms. The second kappa shape index (κ2) is 7.13. The number of aromatic nitrogens is 2. The molecule has 2 N–H and O–H groups in total. The predicted molar refractivity (Wildman–Crippen MR) is 76.0 cm³/mol. The molecule has 6 nitrogen and oxygen atoms in total. The van der Waals surface area contributed by atoms with E-state index in [9.17, 15) is 14.3 Å². The number of hydrogen-bond donors (Lipinski definition) is 2. The zero-order valence-corrected chi connectivity index (χ0v) is 12.4. The summed E-state index contributed by atoms with van der Waals surface area (Å²) in [6.07, 6.45) is -0.766. The van der Waals surface area contributed by atoms with Gasteiger partial charge in [0.05, 0.1) is 6.54 Å². The minimum atomic E-state index is -1.45. The number of benzene rings is 1. The summed E-state index contributed by atoms with van der Waals surface area (Å²) in [6.45, 7) is 4.08. The number of nitrogens with zero attached hydrogens (tertiary/aromatic N) is 2. The molecule has 0 radical (unpaired) electrons. The molecule has 2 rings (SSSR count). The average Bonchev–Trinajstić information content (AvgIpc) is 2.90. The highest BCUT2D eigenvalue weighted by molar-refractivity contribution is 5.81. The SMILES string of the molecule is CC(C)Cc1noc(CNC(=O)[C@H](O)c2cccc(F)c2)n1. The Labute approximate surface area is 127 Å². The van der Waals surface area contributed by atoms with Gasteiger partial charge in [-0.2, -0.15) is 4.98 Å². The summed E-state index contributed by atoms with van der Waals surface area (Å²) in [7, 11) is 0. The molecule has 1 aromatic carbocycles. The summed E-state index contributed by atoms with van der Waals surface area (Å²) in [5, 5.41) is 16.1. The largest absolute Gasteiger partial charge is 0.378 e. The van der Waals surface area contributed by atoms with Crippen LogP contribution in [0.2, 0.25) is 0 Å². The highest BCUT2D eigenvalue weighted by Crippen LogP contribution is 2.14. The number of hydrogen-bond acceptors (Lipinski definition) is 5. The summed E-state index contributed by atoms with van der Waals surface area (Å²) in [5.41, 5.74) is 0.184. The Hall–Kier alpha value is -2.28. The number of carbonyl (C=O) groups is 1. The average molecular weight is 307 g/mol. The van der Waals surface area contributed by atoms with Crippen molar-refractivity contribution in [2.75, 3.05) is 0 Å². The third kappa shape index (κ3) is 4.36. The monoisotopic (exact) mass is 307 g/mol. The minimum Gasteiger partial charge on any atom is -0.378 e. The molecule has 1 amide bonds. The first-order chi connectivity index (χ1) is 10.5. The molecule has 0 fully saturated rings. The maximum Gasteiger partial charge on any atom is 0.253 e. The van der Waals surface area contributed by atoms with Crippen LogP contribution in [-0.4, -0.2) is 21.2 Å². The summed E-state index contributed by atoms with van der Waals surface area (Å²) < 4.78 is 18.1. The van der Waals surface area contributed by atoms with E-state index < -0.39 is 17.8 Å². The maximum absolute atomic E-state index is 13.1. The van der Waals surface area contributed by atoms with Crippen molar-refractivity contribution in [3.63, 3.8) is 0 Å². The second-order valence-corrected chi connectivity index (χ2v) is 5.38. The Kier molecular flexibility index (Phi) is 5.21. The molecular weight excluding hydrogens is 289 g/mol. The maximum atomic E-state index is 13.1. The van der Waals surface area contributed by atoms with E-state index in [0.29, 0.717) is 18.2 Å². The Morgan fingerprint density at radius 1 is 1.45 bits per heavy atom. The number of carbonyl (C=O) groups excluding carboxylic acids is 1. The van der Waals surface area contributed by atoms with Crippen LogP contribution in [0.25, 0.3) is 0 Å². The Balaban J connectivity index is 1.90. The lowest BCUT2D eigenvalue weighted by Gasteiger charge is -2.10. The lowest BCUT2D eigenvalue weighted by atomic mass is 10.1. The minimum absolute atomic E-state index is 0.0102. The Morgan fingerprint density at radius 2 is 2.23 bits per heavy atom. The van der Waals surface area contributed by atoms with Gasteiger partial charge in [-0.05, 0) is 23.6 Å². The number of aliphatic hydroxyl groups excluding tert-OH is 1. The predicted octanol–water partition coefficient (Wildman–Crippen LogP) is 1.76. The van der Waals surface area contributed by atoms with E-state index >= 15 is 0 Å². The first-order valence-electron chi connectivity index (χ1n) is 6.98. The number of rotatable bonds is 6. The highest BCUT2D eigenvalue weighted by Gasteiger charge is 2.18. The molecule has 0 unspecified atom stereocenters. The van der Waals surface area contributed by atoms with Crippen molar-refractivity contribution in [2.24, 2.45) is 5.92 Å². The first-order valence-corrected chi connectivity index (χ1v) is 6.98. The molecule has 2 aromatic rings. The standard InChI is InChI=1S/C15H18FN3O3/c1-9(2)6-12-18-13(22-19-12)8-17-15(21)14(20)10-4-3-5-11(16)7-10/h3-5,7,9,14,20H,6,8H2,1-2H3,(H,17,21)/t14-/m1/s1. The molecule has 1 aromatic heterocycles. The van der Waals surface area contributed by atoms with Gasteiger partial charge in [0.2, 0.25) is 5.89 Å². The Morgan fingerprint density at radius 3 is 2.91 bits per heavy atom. The number of aliphatic hydroxyl groups is 1. The summed E-state index contributed by atoms with van der Waals surface area (Å²) in [4.78, 5) is 16.0. The normalized spacial score (nSPS) is 12.4. The van der Waals surface area contributed by atoms with E-state index in [-0.39, 0.29) is 18.0 Å². The van der Waals surface area contributed by atoms with Crippen LogP contribution in [0.15, 0.2) is 28.8 Å². The molecular formula is C15H18FN3O3. The number of amides is 1. The van der Waals surface area contributed by atoms with Crippen LogP contribution < -0.4 is 5.32 Å². The quantitative estimate of drug-likeness (QED) is 0.849. The molecule has 1 heterocycles. The van der Waals surface area contributed by atoms with E-state index in [1.54, 1.807) is 0 Å². The molecule has 0 saturated carbocycles. The highest BCUT2D eigenvalue weighted by atomic mass is 19.1. The van der Waals surface area contributed by atoms with Crippen molar-refractivity contribution < 1.29 is 18.8 Å². The van der Waals surface area contributed by atoms with Crippen LogP contribution in [-0.2, 0) is 17.8 Å². The van der Waals surface area contributed by atoms with E-state index in [0.717, 1.165) is 6.07 Å². The fraction of sp³-hybridized carbons (Fsp3) is 0.400. The van der Waals surface area contributed by atoms with Gasteiger partial charge in [0.15, 0.2) is 11.9 Å². The van der Waals surface area contributed by atoms with Crippen LogP contribution in [0, 0.1) is 11.7 Å². The van der Waals surface area contributed by atoms with E-state index in [2.05, 4.69) is 15.5 Å². The molecule has 7 heteroatoms. The van der Waals surface area contributed by atoms with Gasteiger partial charge in [0.1, 0.15) is 5.82 Å². The van der Waals surface area contributed by atoms with Crippen molar-refractivity contribution in [2.45, 2.75) is 32.9 Å². The summed E-state index contributed by atoms with van der Waals surface area (Å²) in [5.74, 6) is 0.0593. The van der Waals surface area contributed by atoms with Gasteiger partial charge in [-0.3, -0.25) is 4.79 Å². The van der Waals surface area contributed by atoms with Crippen LogP contribution in [0.4, 0.5) is 4.39 Å². The molecule has 0 aliphatic rings. The van der Waals surface area contributed by atoms with Crippen molar-refractivity contribution >= 4 is 5.91 Å². The smallest absolute Gasteiger partial charge is 0.253 e. The molecule has 118 valence electrons. The second-order valence-electron chi connectivity index (χ2n) is 5.38. The molecule has 0 bridgehead atoms. The number of nitrogens with one attached hydrogen (secondary N) is 1. The van der Waals surface area contributed by atoms with Crippen molar-refractivity contribution in [1.29, 1.82) is 0 Å². The van der Waals surface area contributed by atoms with Gasteiger partial charge in [0, 0.05) is 6.42 Å². The van der Waals surface area contributed by atoms with Gasteiger partial charge in [-0.1, -0.05) is 31.1 Å². The van der Waals surface area contributed by atoms with Gasteiger partial charge >= 0.3 is 0 Å². The molecule has 0 aliphatic heterocycles. The topological polar surface area (TPSA) is 88.2 Å². The summed E-state index contributed by atoms with van der Waals surface area (Å²) in [6, 6.07) is 5.25. The molecule has 1 atom stereocenters. The van der Waals surface area contributed by atoms with E-state index in [1.165, 1.54) is 18.2 Å². The number of halogens is 1. The fourth-order valence-electron chi connectivity index (χ4n) is 1.90. The first kappa shape index (κ1) is 16.1. The zero-order chi connectivity index (χ0) is 16.1. The Bertz CT molecular complexity index is 642.